The first-order chi connectivity index (χ1) is 15.5. The highest BCUT2D eigenvalue weighted by Gasteiger charge is 2.19. The molecule has 3 heterocycles. The first-order valence-corrected chi connectivity index (χ1v) is 11.7. The fourth-order valence-corrected chi connectivity index (χ4v) is 4.34. The van der Waals surface area contributed by atoms with E-state index < -0.39 is 0 Å². The van der Waals surface area contributed by atoms with Crippen molar-refractivity contribution in [1.29, 1.82) is 0 Å². The van der Waals surface area contributed by atoms with E-state index in [1.54, 1.807) is 0 Å². The van der Waals surface area contributed by atoms with Crippen molar-refractivity contribution >= 4 is 35.0 Å². The molecule has 1 aliphatic rings. The number of hydrogen-bond donors (Lipinski definition) is 3. The number of anilines is 3. The Morgan fingerprint density at radius 2 is 2.03 bits per heavy atom. The summed E-state index contributed by atoms with van der Waals surface area (Å²) in [5, 5.41) is 14.6. The van der Waals surface area contributed by atoms with Crippen molar-refractivity contribution < 1.29 is 4.79 Å². The van der Waals surface area contributed by atoms with Crippen LogP contribution in [0.3, 0.4) is 0 Å². The number of aromatic nitrogens is 4. The average molecular weight is 452 g/mol. The summed E-state index contributed by atoms with van der Waals surface area (Å²) in [5.74, 6) is 2.58. The number of aromatic amines is 1. The lowest BCUT2D eigenvalue weighted by atomic mass is 10.1. The molecule has 0 amide bonds. The Morgan fingerprint density at radius 1 is 1.22 bits per heavy atom. The van der Waals surface area contributed by atoms with E-state index in [9.17, 15) is 4.79 Å². The Bertz CT molecular complexity index is 1070. The Kier molecular flexibility index (Phi) is 7.06. The van der Waals surface area contributed by atoms with E-state index >= 15 is 0 Å². The highest BCUT2D eigenvalue weighted by atomic mass is 32.2. The minimum atomic E-state index is 0.246. The maximum atomic E-state index is 11.7. The standard InChI is InChI=1S/C23H29N7OS/c1-4-18(31)12-17-5-7-19(8-6-17)32-23-26-20(25-21-11-15(2)28-29-21)13-22(27-23)30-10-9-24-16(3)14-30/h5-8,11,13,16,24H,4,9-10,12,14H2,1-3H3,(H2,25,26,27,28,29). The van der Waals surface area contributed by atoms with E-state index in [4.69, 9.17) is 9.97 Å². The Morgan fingerprint density at radius 3 is 2.72 bits per heavy atom. The lowest BCUT2D eigenvalue weighted by Crippen LogP contribution is -2.49. The van der Waals surface area contributed by atoms with Crippen LogP contribution in [0.4, 0.5) is 17.5 Å². The summed E-state index contributed by atoms with van der Waals surface area (Å²) in [5.41, 5.74) is 2.01. The number of carbonyl (C=O) groups excluding carboxylic acids is 1. The molecule has 0 radical (unpaired) electrons. The van der Waals surface area contributed by atoms with Gasteiger partial charge in [-0.2, -0.15) is 5.10 Å². The summed E-state index contributed by atoms with van der Waals surface area (Å²) in [4.78, 5) is 24.6. The van der Waals surface area contributed by atoms with E-state index in [1.807, 2.05) is 50.2 Å². The van der Waals surface area contributed by atoms with Gasteiger partial charge < -0.3 is 15.5 Å². The van der Waals surface area contributed by atoms with Gasteiger partial charge in [0.15, 0.2) is 11.0 Å². The van der Waals surface area contributed by atoms with E-state index in [0.717, 1.165) is 47.4 Å². The number of aryl methyl sites for hydroxylation is 1. The molecule has 1 fully saturated rings. The zero-order chi connectivity index (χ0) is 22.5. The van der Waals surface area contributed by atoms with Crippen LogP contribution in [0.1, 0.15) is 31.5 Å². The van der Waals surface area contributed by atoms with Crippen molar-refractivity contribution in [2.24, 2.45) is 0 Å². The van der Waals surface area contributed by atoms with Gasteiger partial charge in [0.2, 0.25) is 0 Å². The average Bonchev–Trinajstić information content (AvgIpc) is 3.19. The normalized spacial score (nSPS) is 16.2. The van der Waals surface area contributed by atoms with E-state index in [-0.39, 0.29) is 5.78 Å². The molecule has 4 rings (SSSR count). The molecule has 0 saturated carbocycles. The summed E-state index contributed by atoms with van der Waals surface area (Å²) in [6.45, 7) is 8.75. The molecule has 168 valence electrons. The molecule has 1 aliphatic heterocycles. The lowest BCUT2D eigenvalue weighted by molar-refractivity contribution is -0.118. The van der Waals surface area contributed by atoms with Gasteiger partial charge in [-0.15, -0.1) is 0 Å². The van der Waals surface area contributed by atoms with E-state index in [0.29, 0.717) is 29.9 Å². The molecule has 0 bridgehead atoms. The predicted octanol–water partition coefficient (Wildman–Crippen LogP) is 3.72. The van der Waals surface area contributed by atoms with Crippen molar-refractivity contribution in [2.75, 3.05) is 29.9 Å². The van der Waals surface area contributed by atoms with Crippen LogP contribution < -0.4 is 15.5 Å². The highest BCUT2D eigenvalue weighted by molar-refractivity contribution is 7.99. The third-order valence-electron chi connectivity index (χ3n) is 5.28. The van der Waals surface area contributed by atoms with Crippen molar-refractivity contribution in [2.45, 2.75) is 49.7 Å². The molecule has 1 saturated heterocycles. The molecule has 32 heavy (non-hydrogen) atoms. The Labute approximate surface area is 192 Å². The van der Waals surface area contributed by atoms with Gasteiger partial charge in [-0.05, 0) is 43.3 Å². The molecule has 3 aromatic rings. The van der Waals surface area contributed by atoms with Gasteiger partial charge in [0, 0.05) is 61.2 Å². The van der Waals surface area contributed by atoms with Gasteiger partial charge in [-0.3, -0.25) is 9.89 Å². The fourth-order valence-electron chi connectivity index (χ4n) is 3.57. The highest BCUT2D eigenvalue weighted by Crippen LogP contribution is 2.29. The summed E-state index contributed by atoms with van der Waals surface area (Å²) in [7, 11) is 0. The molecule has 9 heteroatoms. The molecule has 1 aromatic carbocycles. The molecule has 8 nitrogen and oxygen atoms in total. The summed E-state index contributed by atoms with van der Waals surface area (Å²) < 4.78 is 0. The SMILES string of the molecule is CCC(=O)Cc1ccc(Sc2nc(Nc3cc(C)[nH]n3)cc(N3CCNC(C)C3)n2)cc1. The maximum Gasteiger partial charge on any atom is 0.196 e. The van der Waals surface area contributed by atoms with Gasteiger partial charge in [0.1, 0.15) is 17.4 Å². The number of carbonyl (C=O) groups is 1. The minimum Gasteiger partial charge on any atom is -0.354 e. The van der Waals surface area contributed by atoms with Crippen LogP contribution in [0, 0.1) is 6.92 Å². The van der Waals surface area contributed by atoms with Crippen LogP contribution in [0.15, 0.2) is 46.5 Å². The van der Waals surface area contributed by atoms with Gasteiger partial charge in [0.05, 0.1) is 0 Å². The predicted molar refractivity (Wildman–Crippen MR) is 128 cm³/mol. The van der Waals surface area contributed by atoms with Gasteiger partial charge in [0.25, 0.3) is 0 Å². The molecule has 3 N–H and O–H groups in total. The van der Waals surface area contributed by atoms with Gasteiger partial charge in [-0.25, -0.2) is 9.97 Å². The van der Waals surface area contributed by atoms with Crippen LogP contribution in [0.2, 0.25) is 0 Å². The quantitative estimate of drug-likeness (QED) is 0.446. The van der Waals surface area contributed by atoms with Crippen LogP contribution >= 0.6 is 11.8 Å². The van der Waals surface area contributed by atoms with Crippen molar-refractivity contribution in [3.63, 3.8) is 0 Å². The van der Waals surface area contributed by atoms with Crippen LogP contribution in [0.5, 0.6) is 0 Å². The van der Waals surface area contributed by atoms with Crippen LogP contribution in [-0.2, 0) is 11.2 Å². The second kappa shape index (κ2) is 10.1. The second-order valence-corrected chi connectivity index (χ2v) is 9.11. The summed E-state index contributed by atoms with van der Waals surface area (Å²) in [6, 6.07) is 12.4. The molecule has 1 atom stereocenters. The zero-order valence-corrected chi connectivity index (χ0v) is 19.5. The number of H-pyrrole nitrogens is 1. The van der Waals surface area contributed by atoms with Crippen molar-refractivity contribution in [3.05, 3.63) is 47.7 Å². The number of piperazine rings is 1. The van der Waals surface area contributed by atoms with Crippen LogP contribution in [-0.4, -0.2) is 51.6 Å². The van der Waals surface area contributed by atoms with Crippen molar-refractivity contribution in [3.8, 4) is 0 Å². The zero-order valence-electron chi connectivity index (χ0n) is 18.7. The monoisotopic (exact) mass is 451 g/mol. The number of benzene rings is 1. The summed E-state index contributed by atoms with van der Waals surface area (Å²) in [6.07, 6.45) is 1.04. The van der Waals surface area contributed by atoms with Gasteiger partial charge >= 0.3 is 0 Å². The topological polar surface area (TPSA) is 98.8 Å². The molecular weight excluding hydrogens is 422 g/mol. The fraction of sp³-hybridized carbons (Fsp3) is 0.391. The number of nitrogens with zero attached hydrogens (tertiary/aromatic N) is 4. The minimum absolute atomic E-state index is 0.246. The number of hydrogen-bond acceptors (Lipinski definition) is 8. The molecule has 1 unspecified atom stereocenters. The number of nitrogens with one attached hydrogen (secondary N) is 3. The largest absolute Gasteiger partial charge is 0.354 e. The van der Waals surface area contributed by atoms with E-state index in [2.05, 4.69) is 32.7 Å². The Hall–Kier alpha value is -2.91. The number of rotatable bonds is 8. The first-order valence-electron chi connectivity index (χ1n) is 10.9. The first kappa shape index (κ1) is 22.3. The van der Waals surface area contributed by atoms with Crippen LogP contribution in [0.25, 0.3) is 0 Å². The number of ketones is 1. The lowest BCUT2D eigenvalue weighted by Gasteiger charge is -2.33. The third-order valence-corrected chi connectivity index (χ3v) is 6.15. The maximum absolute atomic E-state index is 11.7. The Balaban J connectivity index is 1.57. The van der Waals surface area contributed by atoms with Gasteiger partial charge in [-0.1, -0.05) is 19.1 Å². The summed E-state index contributed by atoms with van der Waals surface area (Å²) >= 11 is 1.51. The van der Waals surface area contributed by atoms with Crippen molar-refractivity contribution in [1.82, 2.24) is 25.5 Å². The van der Waals surface area contributed by atoms with E-state index in [1.165, 1.54) is 11.8 Å². The second-order valence-electron chi connectivity index (χ2n) is 8.07. The smallest absolute Gasteiger partial charge is 0.196 e. The molecule has 2 aromatic heterocycles. The molecular formula is C23H29N7OS. The molecule has 0 spiro atoms. The third kappa shape index (κ3) is 5.86. The number of Topliss-reactive ketones (excluding diaryl/α,β-unsaturated/α-hetero) is 1. The molecule has 0 aliphatic carbocycles.